The number of hydrogen-bond acceptors (Lipinski definition) is 4. The Labute approximate surface area is 116 Å². The summed E-state index contributed by atoms with van der Waals surface area (Å²) in [6, 6.07) is 3.09. The van der Waals surface area contributed by atoms with Crippen molar-refractivity contribution in [2.45, 2.75) is 23.8 Å². The molecule has 1 rings (SSSR count). The van der Waals surface area contributed by atoms with Crippen LogP contribution in [0.15, 0.2) is 29.2 Å². The van der Waals surface area contributed by atoms with Crippen molar-refractivity contribution >= 4 is 16.0 Å². The first-order valence-electron chi connectivity index (χ1n) is 5.86. The molecule has 0 aliphatic carbocycles. The maximum absolute atomic E-state index is 13.0. The minimum atomic E-state index is -4.08. The fourth-order valence-electron chi connectivity index (χ4n) is 1.55. The molecule has 0 heterocycles. The second-order valence-electron chi connectivity index (χ2n) is 4.10. The third kappa shape index (κ3) is 4.87. The van der Waals surface area contributed by atoms with E-state index >= 15 is 0 Å². The summed E-state index contributed by atoms with van der Waals surface area (Å²) in [5.74, 6) is -2.00. The van der Waals surface area contributed by atoms with Crippen LogP contribution < -0.4 is 4.72 Å². The predicted octanol–water partition coefficient (Wildman–Crippen LogP) is 0.984. The Hall–Kier alpha value is -1.51. The molecule has 1 atom stereocenters. The van der Waals surface area contributed by atoms with E-state index in [0.29, 0.717) is 13.0 Å². The molecule has 0 radical (unpaired) electrons. The van der Waals surface area contributed by atoms with E-state index in [1.54, 1.807) is 0 Å². The number of sulfonamides is 1. The summed E-state index contributed by atoms with van der Waals surface area (Å²) >= 11 is 0. The molecule has 0 saturated heterocycles. The van der Waals surface area contributed by atoms with Gasteiger partial charge in [0.15, 0.2) is 0 Å². The molecule has 2 N–H and O–H groups in total. The average molecular weight is 305 g/mol. The molecule has 0 aliphatic rings. The normalized spacial score (nSPS) is 13.1. The summed E-state index contributed by atoms with van der Waals surface area (Å²) in [7, 11) is -2.61. The Morgan fingerprint density at radius 3 is 2.75 bits per heavy atom. The Morgan fingerprint density at radius 2 is 2.20 bits per heavy atom. The molecule has 0 aromatic heterocycles. The van der Waals surface area contributed by atoms with E-state index in [9.17, 15) is 17.6 Å². The quantitative estimate of drug-likeness (QED) is 0.699. The minimum Gasteiger partial charge on any atom is -0.480 e. The highest BCUT2D eigenvalue weighted by Gasteiger charge is 2.25. The third-order valence-electron chi connectivity index (χ3n) is 2.54. The van der Waals surface area contributed by atoms with Gasteiger partial charge in [0.2, 0.25) is 10.0 Å². The molecular formula is C12H16FNO5S. The van der Waals surface area contributed by atoms with E-state index < -0.39 is 27.9 Å². The second kappa shape index (κ2) is 7.32. The summed E-state index contributed by atoms with van der Waals surface area (Å²) in [5.41, 5.74) is 0. The number of hydrogen-bond donors (Lipinski definition) is 2. The van der Waals surface area contributed by atoms with Crippen LogP contribution in [0.3, 0.4) is 0 Å². The molecule has 0 bridgehead atoms. The predicted molar refractivity (Wildman–Crippen MR) is 69.3 cm³/mol. The lowest BCUT2D eigenvalue weighted by atomic mass is 10.2. The number of aliphatic carboxylic acids is 1. The zero-order chi connectivity index (χ0) is 15.2. The first kappa shape index (κ1) is 16.5. The van der Waals surface area contributed by atoms with Crippen LogP contribution in [-0.2, 0) is 19.6 Å². The maximum atomic E-state index is 13.0. The highest BCUT2D eigenvalue weighted by molar-refractivity contribution is 7.89. The number of halogens is 1. The molecule has 1 unspecified atom stereocenters. The number of carboxylic acids is 1. The van der Waals surface area contributed by atoms with Gasteiger partial charge in [0.05, 0.1) is 4.90 Å². The van der Waals surface area contributed by atoms with Crippen molar-refractivity contribution in [3.63, 3.8) is 0 Å². The molecule has 6 nitrogen and oxygen atoms in total. The molecule has 0 fully saturated rings. The van der Waals surface area contributed by atoms with Crippen molar-refractivity contribution in [2.75, 3.05) is 13.7 Å². The first-order valence-corrected chi connectivity index (χ1v) is 7.35. The molecule has 1 aromatic carbocycles. The van der Waals surface area contributed by atoms with Gasteiger partial charge >= 0.3 is 5.97 Å². The standard InChI is InChI=1S/C12H16FNO5S/c1-19-7-3-6-11(12(15)16)14-20(17,18)10-5-2-4-9(13)8-10/h2,4-5,8,11,14H,3,6-7H2,1H3,(H,15,16). The van der Waals surface area contributed by atoms with E-state index in [1.165, 1.54) is 19.2 Å². The van der Waals surface area contributed by atoms with Crippen LogP contribution in [0, 0.1) is 5.82 Å². The van der Waals surface area contributed by atoms with Gasteiger partial charge in [-0.05, 0) is 31.0 Å². The van der Waals surface area contributed by atoms with Gasteiger partial charge in [0.1, 0.15) is 11.9 Å². The maximum Gasteiger partial charge on any atom is 0.321 e. The lowest BCUT2D eigenvalue weighted by Gasteiger charge is -2.14. The zero-order valence-corrected chi connectivity index (χ0v) is 11.7. The zero-order valence-electron chi connectivity index (χ0n) is 10.9. The Kier molecular flexibility index (Phi) is 6.05. The molecular weight excluding hydrogens is 289 g/mol. The van der Waals surface area contributed by atoms with Gasteiger partial charge in [-0.15, -0.1) is 0 Å². The van der Waals surface area contributed by atoms with Gasteiger partial charge in [-0.2, -0.15) is 4.72 Å². The number of carboxylic acid groups (broad SMARTS) is 1. The minimum absolute atomic E-state index is 0.0811. The summed E-state index contributed by atoms with van der Waals surface area (Å²) < 4.78 is 43.8. The van der Waals surface area contributed by atoms with Crippen molar-refractivity contribution < 1.29 is 27.4 Å². The third-order valence-corrected chi connectivity index (χ3v) is 4.01. The van der Waals surface area contributed by atoms with Crippen LogP contribution in [0.5, 0.6) is 0 Å². The second-order valence-corrected chi connectivity index (χ2v) is 5.82. The van der Waals surface area contributed by atoms with Crippen molar-refractivity contribution in [1.82, 2.24) is 4.72 Å². The Bertz CT molecular complexity index is 561. The average Bonchev–Trinajstić information content (AvgIpc) is 2.37. The Balaban J connectivity index is 2.83. The molecule has 0 saturated carbocycles. The molecule has 0 amide bonds. The first-order chi connectivity index (χ1) is 9.36. The Morgan fingerprint density at radius 1 is 1.50 bits per heavy atom. The summed E-state index contributed by atoms with van der Waals surface area (Å²) in [5, 5.41) is 9.00. The summed E-state index contributed by atoms with van der Waals surface area (Å²) in [4.78, 5) is 10.7. The van der Waals surface area contributed by atoms with Crippen molar-refractivity contribution in [3.05, 3.63) is 30.1 Å². The fourth-order valence-corrected chi connectivity index (χ4v) is 2.81. The van der Waals surface area contributed by atoms with Gasteiger partial charge in [-0.1, -0.05) is 6.07 Å². The number of benzene rings is 1. The van der Waals surface area contributed by atoms with Crippen LogP contribution in [-0.4, -0.2) is 39.3 Å². The van der Waals surface area contributed by atoms with E-state index in [4.69, 9.17) is 9.84 Å². The SMILES string of the molecule is COCCCC(NS(=O)(=O)c1cccc(F)c1)C(=O)O. The topological polar surface area (TPSA) is 92.7 Å². The van der Waals surface area contributed by atoms with Crippen molar-refractivity contribution in [2.24, 2.45) is 0 Å². The number of methoxy groups -OCH3 is 1. The van der Waals surface area contributed by atoms with E-state index in [2.05, 4.69) is 0 Å². The number of ether oxygens (including phenoxy) is 1. The number of carbonyl (C=O) groups is 1. The lowest BCUT2D eigenvalue weighted by Crippen LogP contribution is -2.40. The fraction of sp³-hybridized carbons (Fsp3) is 0.417. The number of nitrogens with one attached hydrogen (secondary N) is 1. The lowest BCUT2D eigenvalue weighted by molar-refractivity contribution is -0.139. The van der Waals surface area contributed by atoms with Gasteiger partial charge in [0.25, 0.3) is 0 Å². The highest BCUT2D eigenvalue weighted by Crippen LogP contribution is 2.12. The van der Waals surface area contributed by atoms with Crippen molar-refractivity contribution in [3.8, 4) is 0 Å². The van der Waals surface area contributed by atoms with Gasteiger partial charge in [-0.25, -0.2) is 12.8 Å². The van der Waals surface area contributed by atoms with Crippen LogP contribution in [0.25, 0.3) is 0 Å². The molecule has 0 aliphatic heterocycles. The van der Waals surface area contributed by atoms with E-state index in [1.807, 2.05) is 4.72 Å². The molecule has 0 spiro atoms. The van der Waals surface area contributed by atoms with Gasteiger partial charge < -0.3 is 9.84 Å². The van der Waals surface area contributed by atoms with Gasteiger partial charge in [0, 0.05) is 13.7 Å². The molecule has 112 valence electrons. The largest absolute Gasteiger partial charge is 0.480 e. The van der Waals surface area contributed by atoms with Crippen LogP contribution >= 0.6 is 0 Å². The molecule has 1 aromatic rings. The van der Waals surface area contributed by atoms with Gasteiger partial charge in [-0.3, -0.25) is 4.79 Å². The molecule has 20 heavy (non-hydrogen) atoms. The van der Waals surface area contributed by atoms with E-state index in [-0.39, 0.29) is 11.3 Å². The van der Waals surface area contributed by atoms with Crippen molar-refractivity contribution in [1.29, 1.82) is 0 Å². The monoisotopic (exact) mass is 305 g/mol. The highest BCUT2D eigenvalue weighted by atomic mass is 32.2. The number of rotatable bonds is 8. The van der Waals surface area contributed by atoms with Crippen LogP contribution in [0.2, 0.25) is 0 Å². The smallest absolute Gasteiger partial charge is 0.321 e. The summed E-state index contributed by atoms with van der Waals surface area (Å²) in [6.45, 7) is 0.325. The van der Waals surface area contributed by atoms with E-state index in [0.717, 1.165) is 12.1 Å². The van der Waals surface area contributed by atoms with Crippen LogP contribution in [0.1, 0.15) is 12.8 Å². The van der Waals surface area contributed by atoms with Crippen LogP contribution in [0.4, 0.5) is 4.39 Å². The molecule has 8 heteroatoms. The summed E-state index contributed by atoms with van der Waals surface area (Å²) in [6.07, 6.45) is 0.469.